The largest absolute Gasteiger partial charge is 0.423 e. The minimum Gasteiger partial charge on any atom is -0.423 e. The van der Waals surface area contributed by atoms with Crippen molar-refractivity contribution in [3.05, 3.63) is 64.6 Å². The van der Waals surface area contributed by atoms with E-state index in [1.54, 1.807) is 24.7 Å². The fourth-order valence-corrected chi connectivity index (χ4v) is 1.95. The van der Waals surface area contributed by atoms with Gasteiger partial charge in [-0.2, -0.15) is 0 Å². The molecule has 0 aliphatic heterocycles. The molecule has 1 N–H and O–H groups in total. The molecule has 3 aromatic rings. The van der Waals surface area contributed by atoms with Crippen LogP contribution in [0.3, 0.4) is 0 Å². The van der Waals surface area contributed by atoms with Crippen LogP contribution in [0.4, 0.5) is 17.4 Å². The molecule has 3 rings (SSSR count). The van der Waals surface area contributed by atoms with Gasteiger partial charge in [-0.15, -0.1) is 0 Å². The molecule has 0 aliphatic rings. The molecule has 7 nitrogen and oxygen atoms in total. The summed E-state index contributed by atoms with van der Waals surface area (Å²) in [4.78, 5) is 18.5. The minimum absolute atomic E-state index is 0.00835. The second-order valence-electron chi connectivity index (χ2n) is 4.65. The number of nitro groups is 1. The van der Waals surface area contributed by atoms with Gasteiger partial charge in [0.1, 0.15) is 0 Å². The van der Waals surface area contributed by atoms with E-state index in [0.29, 0.717) is 11.4 Å². The number of aromatic nitrogens is 2. The van der Waals surface area contributed by atoms with Gasteiger partial charge in [0.05, 0.1) is 16.8 Å². The van der Waals surface area contributed by atoms with E-state index < -0.39 is 4.92 Å². The summed E-state index contributed by atoms with van der Waals surface area (Å²) >= 11 is 0. The Morgan fingerprint density at radius 1 is 1.23 bits per heavy atom. The molecule has 0 saturated carbocycles. The summed E-state index contributed by atoms with van der Waals surface area (Å²) in [5, 5.41) is 13.8. The molecule has 1 aromatic carbocycles. The van der Waals surface area contributed by atoms with Crippen molar-refractivity contribution < 1.29 is 9.34 Å². The lowest BCUT2D eigenvalue weighted by atomic mass is 10.2. The maximum atomic E-state index is 10.8. The van der Waals surface area contributed by atoms with Gasteiger partial charge in [0, 0.05) is 30.1 Å². The molecule has 0 unspecified atom stereocenters. The predicted molar refractivity (Wildman–Crippen MR) is 80.9 cm³/mol. The van der Waals surface area contributed by atoms with Crippen LogP contribution in [0.15, 0.2) is 53.3 Å². The first kappa shape index (κ1) is 13.7. The number of hydrogen-bond acceptors (Lipinski definition) is 6. The zero-order valence-electron chi connectivity index (χ0n) is 11.7. The van der Waals surface area contributed by atoms with Crippen molar-refractivity contribution >= 4 is 17.4 Å². The molecule has 0 atom stereocenters. The van der Waals surface area contributed by atoms with Crippen molar-refractivity contribution in [1.29, 1.82) is 0 Å². The van der Waals surface area contributed by atoms with E-state index in [1.165, 1.54) is 12.1 Å². The fourth-order valence-electron chi connectivity index (χ4n) is 1.95. The Balaban J connectivity index is 1.87. The Labute approximate surface area is 125 Å². The van der Waals surface area contributed by atoms with Crippen LogP contribution in [0.5, 0.6) is 0 Å². The monoisotopic (exact) mass is 296 g/mol. The lowest BCUT2D eigenvalue weighted by Gasteiger charge is -2.05. The number of hydrogen-bond donors (Lipinski definition) is 1. The number of non-ortho nitro benzene ring substituents is 1. The first-order valence-electron chi connectivity index (χ1n) is 6.52. The highest BCUT2D eigenvalue weighted by molar-refractivity contribution is 5.63. The smallest absolute Gasteiger partial charge is 0.299 e. The van der Waals surface area contributed by atoms with Gasteiger partial charge >= 0.3 is 0 Å². The van der Waals surface area contributed by atoms with E-state index in [2.05, 4.69) is 15.3 Å². The van der Waals surface area contributed by atoms with Crippen LogP contribution < -0.4 is 5.32 Å². The number of nitro benzene ring substituents is 1. The Bertz CT molecular complexity index is 815. The molecule has 2 aromatic heterocycles. The topological polar surface area (TPSA) is 94.1 Å². The average molecular weight is 296 g/mol. The van der Waals surface area contributed by atoms with Gasteiger partial charge in [-0.3, -0.25) is 15.1 Å². The van der Waals surface area contributed by atoms with Gasteiger partial charge in [-0.05, 0) is 24.6 Å². The van der Waals surface area contributed by atoms with E-state index in [9.17, 15) is 10.1 Å². The number of nitrogens with one attached hydrogen (secondary N) is 1. The maximum Gasteiger partial charge on any atom is 0.299 e. The molecule has 110 valence electrons. The third-order valence-electron chi connectivity index (χ3n) is 3.14. The van der Waals surface area contributed by atoms with Crippen molar-refractivity contribution in [1.82, 2.24) is 9.97 Å². The van der Waals surface area contributed by atoms with Crippen LogP contribution in [0, 0.1) is 17.0 Å². The van der Waals surface area contributed by atoms with Gasteiger partial charge < -0.3 is 9.73 Å². The molecule has 0 spiro atoms. The Kier molecular flexibility index (Phi) is 3.53. The highest BCUT2D eigenvalue weighted by Gasteiger charge is 2.11. The van der Waals surface area contributed by atoms with Gasteiger partial charge in [0.2, 0.25) is 0 Å². The third-order valence-corrected chi connectivity index (χ3v) is 3.14. The molecular weight excluding hydrogens is 284 g/mol. The van der Waals surface area contributed by atoms with E-state index in [4.69, 9.17) is 4.42 Å². The first-order valence-corrected chi connectivity index (χ1v) is 6.52. The third kappa shape index (κ3) is 2.78. The summed E-state index contributed by atoms with van der Waals surface area (Å²) in [5.41, 5.74) is 2.30. The zero-order chi connectivity index (χ0) is 15.5. The predicted octanol–water partition coefficient (Wildman–Crippen LogP) is 3.70. The molecule has 0 fully saturated rings. The van der Waals surface area contributed by atoms with Gasteiger partial charge in [-0.25, -0.2) is 4.98 Å². The molecule has 0 saturated heterocycles. The first-order chi connectivity index (χ1) is 10.6. The molecular formula is C15H12N4O3. The van der Waals surface area contributed by atoms with Crippen LogP contribution in [-0.2, 0) is 0 Å². The minimum atomic E-state index is -0.442. The molecule has 22 heavy (non-hydrogen) atoms. The molecule has 0 aliphatic carbocycles. The summed E-state index contributed by atoms with van der Waals surface area (Å²) in [5.74, 6) is 0.591. The molecule has 7 heteroatoms. The van der Waals surface area contributed by atoms with Crippen molar-refractivity contribution in [2.45, 2.75) is 6.92 Å². The Hall–Kier alpha value is -3.22. The molecule has 0 amide bonds. The highest BCUT2D eigenvalue weighted by Crippen LogP contribution is 2.27. The van der Waals surface area contributed by atoms with Crippen molar-refractivity contribution in [3.8, 4) is 11.3 Å². The number of oxazole rings is 1. The van der Waals surface area contributed by atoms with Crippen molar-refractivity contribution in [3.63, 3.8) is 0 Å². The lowest BCUT2D eigenvalue weighted by molar-refractivity contribution is -0.384. The highest BCUT2D eigenvalue weighted by atomic mass is 16.6. The van der Waals surface area contributed by atoms with Crippen LogP contribution in [0.25, 0.3) is 11.3 Å². The van der Waals surface area contributed by atoms with E-state index in [0.717, 1.165) is 11.1 Å². The van der Waals surface area contributed by atoms with E-state index in [-0.39, 0.29) is 11.7 Å². The van der Waals surface area contributed by atoms with Crippen LogP contribution in [0.2, 0.25) is 0 Å². The average Bonchev–Trinajstić information content (AvgIpc) is 2.99. The summed E-state index contributed by atoms with van der Waals surface area (Å²) < 4.78 is 5.61. The SMILES string of the molecule is Cc1ccc([N+](=O)[O-])cc1Nc1ncc(-c2ccncc2)o1. The Morgan fingerprint density at radius 2 is 2.00 bits per heavy atom. The number of pyridine rings is 1. The number of aryl methyl sites for hydroxylation is 1. The number of anilines is 2. The lowest BCUT2D eigenvalue weighted by Crippen LogP contribution is -1.95. The van der Waals surface area contributed by atoms with E-state index >= 15 is 0 Å². The second-order valence-corrected chi connectivity index (χ2v) is 4.65. The normalized spacial score (nSPS) is 10.4. The number of benzene rings is 1. The number of nitrogens with zero attached hydrogens (tertiary/aromatic N) is 3. The second kappa shape index (κ2) is 5.65. The maximum absolute atomic E-state index is 10.8. The molecule has 0 radical (unpaired) electrons. The van der Waals surface area contributed by atoms with Gasteiger partial charge in [0.25, 0.3) is 11.7 Å². The van der Waals surface area contributed by atoms with Gasteiger partial charge in [0.15, 0.2) is 5.76 Å². The summed E-state index contributed by atoms with van der Waals surface area (Å²) in [6.45, 7) is 1.85. The van der Waals surface area contributed by atoms with E-state index in [1.807, 2.05) is 19.1 Å². The van der Waals surface area contributed by atoms with Gasteiger partial charge in [-0.1, -0.05) is 6.07 Å². The molecule has 2 heterocycles. The fraction of sp³-hybridized carbons (Fsp3) is 0.0667. The Morgan fingerprint density at radius 3 is 2.73 bits per heavy atom. The summed E-state index contributed by atoms with van der Waals surface area (Å²) in [7, 11) is 0. The van der Waals surface area contributed by atoms with Crippen LogP contribution >= 0.6 is 0 Å². The van der Waals surface area contributed by atoms with Crippen LogP contribution in [-0.4, -0.2) is 14.9 Å². The summed E-state index contributed by atoms with van der Waals surface area (Å²) in [6, 6.07) is 8.47. The van der Waals surface area contributed by atoms with Crippen molar-refractivity contribution in [2.24, 2.45) is 0 Å². The number of rotatable bonds is 4. The zero-order valence-corrected chi connectivity index (χ0v) is 11.7. The van der Waals surface area contributed by atoms with Crippen LogP contribution in [0.1, 0.15) is 5.56 Å². The quantitative estimate of drug-likeness (QED) is 0.582. The molecule has 0 bridgehead atoms. The standard InChI is InChI=1S/C15H12N4O3/c1-10-2-3-12(19(20)21)8-13(10)18-15-17-9-14(22-15)11-4-6-16-7-5-11/h2-9H,1H3,(H,17,18). The van der Waals surface area contributed by atoms with Crippen molar-refractivity contribution in [2.75, 3.05) is 5.32 Å². The summed E-state index contributed by atoms with van der Waals surface area (Å²) in [6.07, 6.45) is 4.91.